The molecule has 0 aliphatic carbocycles. The first-order valence-electron chi connectivity index (χ1n) is 6.42. The van der Waals surface area contributed by atoms with E-state index < -0.39 is 0 Å². The molecule has 1 aromatic rings. The van der Waals surface area contributed by atoms with Gasteiger partial charge in [0.2, 0.25) is 5.91 Å². The molecule has 1 aliphatic heterocycles. The molecule has 1 atom stereocenters. The summed E-state index contributed by atoms with van der Waals surface area (Å²) in [6.45, 7) is 6.07. The first-order valence-corrected chi connectivity index (χ1v) is 6.42. The summed E-state index contributed by atoms with van der Waals surface area (Å²) in [6.07, 6.45) is 0.826. The van der Waals surface area contributed by atoms with Crippen molar-refractivity contribution in [2.75, 3.05) is 24.5 Å². The summed E-state index contributed by atoms with van der Waals surface area (Å²) in [4.78, 5) is 13.8. The minimum Gasteiger partial charge on any atom is -0.360 e. The van der Waals surface area contributed by atoms with E-state index in [4.69, 9.17) is 5.73 Å². The van der Waals surface area contributed by atoms with Crippen LogP contribution in [0.1, 0.15) is 17.5 Å². The predicted octanol–water partition coefficient (Wildman–Crippen LogP) is 0.957. The Labute approximate surface area is 108 Å². The molecular formula is C14H21N3O. The first-order chi connectivity index (χ1) is 8.60. The van der Waals surface area contributed by atoms with Gasteiger partial charge in [0.05, 0.1) is 6.54 Å². The fourth-order valence-electron chi connectivity index (χ4n) is 2.31. The maximum Gasteiger partial charge on any atom is 0.239 e. The number of hydrogen-bond acceptors (Lipinski definition) is 3. The van der Waals surface area contributed by atoms with Crippen molar-refractivity contribution in [1.29, 1.82) is 0 Å². The fourth-order valence-corrected chi connectivity index (χ4v) is 2.31. The third-order valence-electron chi connectivity index (χ3n) is 3.51. The van der Waals surface area contributed by atoms with Crippen molar-refractivity contribution in [2.45, 2.75) is 26.3 Å². The van der Waals surface area contributed by atoms with E-state index in [2.05, 4.69) is 42.3 Å². The quantitative estimate of drug-likeness (QED) is 0.836. The van der Waals surface area contributed by atoms with Crippen LogP contribution in [0.2, 0.25) is 0 Å². The third kappa shape index (κ3) is 2.82. The summed E-state index contributed by atoms with van der Waals surface area (Å²) >= 11 is 0. The van der Waals surface area contributed by atoms with Crippen molar-refractivity contribution in [2.24, 2.45) is 5.73 Å². The molecule has 1 aromatic carbocycles. The van der Waals surface area contributed by atoms with Crippen LogP contribution in [-0.2, 0) is 4.79 Å². The van der Waals surface area contributed by atoms with Gasteiger partial charge in [-0.1, -0.05) is 6.07 Å². The van der Waals surface area contributed by atoms with Crippen LogP contribution in [-0.4, -0.2) is 31.6 Å². The number of nitrogens with two attached hydrogens (primary N) is 1. The molecule has 3 N–H and O–H groups in total. The molecule has 4 nitrogen and oxygen atoms in total. The minimum absolute atomic E-state index is 0.0814. The Hall–Kier alpha value is -1.55. The molecule has 1 aliphatic rings. The van der Waals surface area contributed by atoms with E-state index in [9.17, 15) is 4.79 Å². The van der Waals surface area contributed by atoms with Gasteiger partial charge in [0.25, 0.3) is 0 Å². The lowest BCUT2D eigenvalue weighted by Crippen LogP contribution is -2.54. The van der Waals surface area contributed by atoms with Gasteiger partial charge in [-0.15, -0.1) is 0 Å². The molecule has 0 aromatic heterocycles. The number of carbonyl (C=O) groups excluding carboxylic acids is 1. The van der Waals surface area contributed by atoms with Crippen LogP contribution in [0.3, 0.4) is 0 Å². The Kier molecular flexibility index (Phi) is 3.87. The standard InChI is InChI=1S/C14H21N3O/c1-10-3-4-13(7-11(10)2)17-8-12(5-6-15)16-14(18)9-17/h3-4,7,12H,5-6,8-9,15H2,1-2H3,(H,16,18). The van der Waals surface area contributed by atoms with E-state index in [-0.39, 0.29) is 11.9 Å². The van der Waals surface area contributed by atoms with E-state index >= 15 is 0 Å². The van der Waals surface area contributed by atoms with E-state index in [0.29, 0.717) is 13.1 Å². The van der Waals surface area contributed by atoms with Gasteiger partial charge in [-0.2, -0.15) is 0 Å². The number of piperazine rings is 1. The van der Waals surface area contributed by atoms with Crippen LogP contribution in [0.5, 0.6) is 0 Å². The number of nitrogens with zero attached hydrogens (tertiary/aromatic N) is 1. The third-order valence-corrected chi connectivity index (χ3v) is 3.51. The molecule has 4 heteroatoms. The Morgan fingerprint density at radius 2 is 2.17 bits per heavy atom. The van der Waals surface area contributed by atoms with Crippen molar-refractivity contribution < 1.29 is 4.79 Å². The maximum atomic E-state index is 11.7. The van der Waals surface area contributed by atoms with Gasteiger partial charge in [0.15, 0.2) is 0 Å². The number of anilines is 1. The number of aryl methyl sites for hydroxylation is 2. The zero-order valence-electron chi connectivity index (χ0n) is 11.1. The van der Waals surface area contributed by atoms with Gasteiger partial charge in [0, 0.05) is 18.3 Å². The second-order valence-electron chi connectivity index (χ2n) is 4.99. The first kappa shape index (κ1) is 12.9. The molecule has 0 saturated carbocycles. The monoisotopic (exact) mass is 247 g/mol. The van der Waals surface area contributed by atoms with E-state index in [1.165, 1.54) is 11.1 Å². The highest BCUT2D eigenvalue weighted by Crippen LogP contribution is 2.20. The number of benzene rings is 1. The highest BCUT2D eigenvalue weighted by Gasteiger charge is 2.24. The Bertz CT molecular complexity index is 445. The average Bonchev–Trinajstić information content (AvgIpc) is 2.32. The second kappa shape index (κ2) is 5.40. The molecule has 1 unspecified atom stereocenters. The lowest BCUT2D eigenvalue weighted by molar-refractivity contribution is -0.121. The number of rotatable bonds is 3. The van der Waals surface area contributed by atoms with Gasteiger partial charge >= 0.3 is 0 Å². The average molecular weight is 247 g/mol. The fraction of sp³-hybridized carbons (Fsp3) is 0.500. The van der Waals surface area contributed by atoms with Crippen LogP contribution in [0.25, 0.3) is 0 Å². The highest BCUT2D eigenvalue weighted by molar-refractivity contribution is 5.83. The maximum absolute atomic E-state index is 11.7. The normalized spacial score (nSPS) is 19.8. The predicted molar refractivity (Wildman–Crippen MR) is 73.7 cm³/mol. The van der Waals surface area contributed by atoms with Crippen LogP contribution in [0.4, 0.5) is 5.69 Å². The van der Waals surface area contributed by atoms with Gasteiger partial charge in [-0.3, -0.25) is 4.79 Å². The summed E-state index contributed by atoms with van der Waals surface area (Å²) in [6, 6.07) is 6.50. The number of nitrogens with one attached hydrogen (secondary N) is 1. The Morgan fingerprint density at radius 3 is 2.83 bits per heavy atom. The molecular weight excluding hydrogens is 226 g/mol. The SMILES string of the molecule is Cc1ccc(N2CC(=O)NC(CCN)C2)cc1C. The van der Waals surface area contributed by atoms with E-state index in [1.807, 2.05) is 0 Å². The molecule has 0 bridgehead atoms. The summed E-state index contributed by atoms with van der Waals surface area (Å²) in [5.41, 5.74) is 9.22. The van der Waals surface area contributed by atoms with Crippen LogP contribution >= 0.6 is 0 Å². The number of carbonyl (C=O) groups is 1. The lowest BCUT2D eigenvalue weighted by Gasteiger charge is -2.34. The molecule has 2 rings (SSSR count). The molecule has 18 heavy (non-hydrogen) atoms. The van der Waals surface area contributed by atoms with Gasteiger partial charge < -0.3 is 16.0 Å². The van der Waals surface area contributed by atoms with Crippen molar-refractivity contribution in [1.82, 2.24) is 5.32 Å². The van der Waals surface area contributed by atoms with Crippen LogP contribution in [0, 0.1) is 13.8 Å². The topological polar surface area (TPSA) is 58.4 Å². The second-order valence-corrected chi connectivity index (χ2v) is 4.99. The molecule has 1 amide bonds. The molecule has 1 heterocycles. The Balaban J connectivity index is 2.15. The van der Waals surface area contributed by atoms with Crippen molar-refractivity contribution in [3.63, 3.8) is 0 Å². The summed E-state index contributed by atoms with van der Waals surface area (Å²) < 4.78 is 0. The van der Waals surface area contributed by atoms with Crippen molar-refractivity contribution in [3.8, 4) is 0 Å². The van der Waals surface area contributed by atoms with Crippen LogP contribution in [0.15, 0.2) is 18.2 Å². The Morgan fingerprint density at radius 1 is 1.39 bits per heavy atom. The lowest BCUT2D eigenvalue weighted by atomic mass is 10.1. The highest BCUT2D eigenvalue weighted by atomic mass is 16.2. The van der Waals surface area contributed by atoms with Gasteiger partial charge in [-0.25, -0.2) is 0 Å². The number of amides is 1. The number of hydrogen-bond donors (Lipinski definition) is 2. The summed E-state index contributed by atoms with van der Waals surface area (Å²) in [5, 5.41) is 2.98. The minimum atomic E-state index is 0.0814. The smallest absolute Gasteiger partial charge is 0.239 e. The van der Waals surface area contributed by atoms with E-state index in [0.717, 1.165) is 18.7 Å². The van der Waals surface area contributed by atoms with Crippen LogP contribution < -0.4 is 16.0 Å². The summed E-state index contributed by atoms with van der Waals surface area (Å²) in [7, 11) is 0. The molecule has 1 saturated heterocycles. The molecule has 1 fully saturated rings. The van der Waals surface area contributed by atoms with Crippen molar-refractivity contribution in [3.05, 3.63) is 29.3 Å². The van der Waals surface area contributed by atoms with Gasteiger partial charge in [0.1, 0.15) is 0 Å². The zero-order valence-corrected chi connectivity index (χ0v) is 11.1. The molecule has 0 spiro atoms. The molecule has 0 radical (unpaired) electrons. The zero-order chi connectivity index (χ0) is 13.1. The largest absolute Gasteiger partial charge is 0.360 e. The van der Waals surface area contributed by atoms with Gasteiger partial charge in [-0.05, 0) is 50.1 Å². The van der Waals surface area contributed by atoms with Crippen molar-refractivity contribution >= 4 is 11.6 Å². The summed E-state index contributed by atoms with van der Waals surface area (Å²) in [5.74, 6) is 0.0814. The molecule has 98 valence electrons. The van der Waals surface area contributed by atoms with E-state index in [1.54, 1.807) is 0 Å².